The van der Waals surface area contributed by atoms with E-state index in [0.717, 1.165) is 16.7 Å². The zero-order valence-corrected chi connectivity index (χ0v) is 18.7. The monoisotopic (exact) mass is 447 g/mol. The van der Waals surface area contributed by atoms with Crippen LogP contribution in [0.3, 0.4) is 0 Å². The minimum absolute atomic E-state index is 0.0199. The average Bonchev–Trinajstić information content (AvgIpc) is 3.06. The first-order valence-electron chi connectivity index (χ1n) is 10.1. The minimum atomic E-state index is -0.779. The lowest BCUT2D eigenvalue weighted by Gasteiger charge is -2.27. The predicted molar refractivity (Wildman–Crippen MR) is 125 cm³/mol. The number of carbonyl (C=O) groups is 2. The number of hydrogen-bond donors (Lipinski definition) is 1. The molecular formula is C26H22ClNO4. The number of aliphatic hydroxyl groups excluding tert-OH is 1. The molecule has 1 saturated heterocycles. The van der Waals surface area contributed by atoms with E-state index in [0.29, 0.717) is 22.0 Å². The molecule has 3 aromatic carbocycles. The van der Waals surface area contributed by atoms with Crippen LogP contribution >= 0.6 is 11.6 Å². The lowest BCUT2D eigenvalue weighted by atomic mass is 9.95. The predicted octanol–water partition coefficient (Wildman–Crippen LogP) is 5.59. The molecular weight excluding hydrogens is 426 g/mol. The Labute approximate surface area is 191 Å². The topological polar surface area (TPSA) is 66.8 Å². The number of anilines is 1. The number of carbonyl (C=O) groups excluding carboxylic acids is 2. The summed E-state index contributed by atoms with van der Waals surface area (Å²) in [6.07, 6.45) is 0. The first-order valence-corrected chi connectivity index (χ1v) is 10.5. The number of amides is 1. The van der Waals surface area contributed by atoms with Gasteiger partial charge in [-0.3, -0.25) is 14.5 Å². The van der Waals surface area contributed by atoms with Gasteiger partial charge in [-0.1, -0.05) is 54.1 Å². The summed E-state index contributed by atoms with van der Waals surface area (Å²) in [5, 5.41) is 11.6. The number of aryl methyl sites for hydroxylation is 2. The standard InChI is InChI=1S/C26H22ClNO4/c1-15-9-10-16(2)20(13-15)28-23(17-7-5-4-6-8-17)22(25(30)26(28)31)24(29)18-11-12-19(27)21(14-18)32-3/h4-14,23,29H,1-3H3/b24-22-. The first kappa shape index (κ1) is 21.7. The Kier molecular flexibility index (Phi) is 5.76. The van der Waals surface area contributed by atoms with Gasteiger partial charge in [-0.25, -0.2) is 0 Å². The second kappa shape index (κ2) is 8.52. The molecule has 1 amide bonds. The van der Waals surface area contributed by atoms with Crippen LogP contribution in [0.4, 0.5) is 5.69 Å². The fourth-order valence-corrected chi connectivity index (χ4v) is 4.17. The van der Waals surface area contributed by atoms with Gasteiger partial charge < -0.3 is 9.84 Å². The molecule has 1 unspecified atom stereocenters. The molecule has 0 spiro atoms. The Bertz CT molecular complexity index is 1250. The number of hydrogen-bond acceptors (Lipinski definition) is 4. The maximum Gasteiger partial charge on any atom is 0.300 e. The van der Waals surface area contributed by atoms with Gasteiger partial charge in [-0.15, -0.1) is 0 Å². The summed E-state index contributed by atoms with van der Waals surface area (Å²) in [4.78, 5) is 28.0. The van der Waals surface area contributed by atoms with E-state index in [1.54, 1.807) is 18.2 Å². The molecule has 0 bridgehead atoms. The number of methoxy groups -OCH3 is 1. The third kappa shape index (κ3) is 3.65. The molecule has 0 radical (unpaired) electrons. The highest BCUT2D eigenvalue weighted by molar-refractivity contribution is 6.51. The van der Waals surface area contributed by atoms with Crippen molar-refractivity contribution in [3.05, 3.63) is 99.6 Å². The molecule has 4 rings (SSSR count). The quantitative estimate of drug-likeness (QED) is 0.321. The summed E-state index contributed by atoms with van der Waals surface area (Å²) in [5.41, 5.74) is 3.52. The van der Waals surface area contributed by atoms with Gasteiger partial charge in [0.2, 0.25) is 0 Å². The lowest BCUT2D eigenvalue weighted by molar-refractivity contribution is -0.132. The van der Waals surface area contributed by atoms with E-state index in [1.165, 1.54) is 12.0 Å². The molecule has 0 saturated carbocycles. The molecule has 1 heterocycles. The van der Waals surface area contributed by atoms with Gasteiger partial charge in [0.1, 0.15) is 11.5 Å². The van der Waals surface area contributed by atoms with E-state index in [-0.39, 0.29) is 11.3 Å². The second-order valence-corrected chi connectivity index (χ2v) is 8.13. The maximum atomic E-state index is 13.3. The lowest BCUT2D eigenvalue weighted by Crippen LogP contribution is -2.30. The number of rotatable bonds is 4. The van der Waals surface area contributed by atoms with E-state index >= 15 is 0 Å². The normalized spacial score (nSPS) is 17.6. The fraction of sp³-hybridized carbons (Fsp3) is 0.154. The summed E-state index contributed by atoms with van der Waals surface area (Å²) in [7, 11) is 1.47. The summed E-state index contributed by atoms with van der Waals surface area (Å²) in [6.45, 7) is 3.82. The molecule has 162 valence electrons. The summed E-state index contributed by atoms with van der Waals surface area (Å²) >= 11 is 6.12. The van der Waals surface area contributed by atoms with Crippen LogP contribution in [0.1, 0.15) is 28.3 Å². The van der Waals surface area contributed by atoms with Gasteiger partial charge in [0.25, 0.3) is 11.7 Å². The van der Waals surface area contributed by atoms with Crippen molar-refractivity contribution in [2.75, 3.05) is 12.0 Å². The van der Waals surface area contributed by atoms with E-state index in [4.69, 9.17) is 16.3 Å². The molecule has 5 nitrogen and oxygen atoms in total. The van der Waals surface area contributed by atoms with Crippen molar-refractivity contribution < 1.29 is 19.4 Å². The highest BCUT2D eigenvalue weighted by Gasteiger charge is 2.47. The van der Waals surface area contributed by atoms with Gasteiger partial charge in [0.05, 0.1) is 23.7 Å². The van der Waals surface area contributed by atoms with Crippen LogP contribution < -0.4 is 9.64 Å². The number of ketones is 1. The van der Waals surface area contributed by atoms with Gasteiger partial charge in [-0.05, 0) is 54.8 Å². The van der Waals surface area contributed by atoms with Crippen LogP contribution in [-0.2, 0) is 9.59 Å². The maximum absolute atomic E-state index is 13.3. The molecule has 1 aliphatic rings. The first-order chi connectivity index (χ1) is 15.3. The van der Waals surface area contributed by atoms with E-state index in [2.05, 4.69) is 0 Å². The number of Topliss-reactive ketones (excluding diaryl/α,β-unsaturated/α-hetero) is 1. The van der Waals surface area contributed by atoms with Crippen molar-refractivity contribution in [1.82, 2.24) is 0 Å². The van der Waals surface area contributed by atoms with Crippen LogP contribution in [-0.4, -0.2) is 23.9 Å². The van der Waals surface area contributed by atoms with Gasteiger partial charge in [0, 0.05) is 11.3 Å². The highest BCUT2D eigenvalue weighted by atomic mass is 35.5. The molecule has 1 fully saturated rings. The Morgan fingerprint density at radius 3 is 2.41 bits per heavy atom. The van der Waals surface area contributed by atoms with Crippen molar-refractivity contribution in [3.63, 3.8) is 0 Å². The third-order valence-corrected chi connectivity index (χ3v) is 5.92. The number of ether oxygens (including phenoxy) is 1. The van der Waals surface area contributed by atoms with Crippen molar-refractivity contribution in [1.29, 1.82) is 0 Å². The van der Waals surface area contributed by atoms with Crippen molar-refractivity contribution in [3.8, 4) is 5.75 Å². The molecule has 0 aromatic heterocycles. The van der Waals surface area contributed by atoms with E-state index in [1.807, 2.05) is 62.4 Å². The van der Waals surface area contributed by atoms with Crippen LogP contribution in [0, 0.1) is 13.8 Å². The smallest absolute Gasteiger partial charge is 0.300 e. The molecule has 1 aliphatic heterocycles. The van der Waals surface area contributed by atoms with Crippen molar-refractivity contribution in [2.24, 2.45) is 0 Å². The zero-order chi connectivity index (χ0) is 23.0. The summed E-state index contributed by atoms with van der Waals surface area (Å²) < 4.78 is 5.25. The minimum Gasteiger partial charge on any atom is -0.507 e. The Morgan fingerprint density at radius 2 is 1.72 bits per heavy atom. The molecule has 1 N–H and O–H groups in total. The highest BCUT2D eigenvalue weighted by Crippen LogP contribution is 2.43. The van der Waals surface area contributed by atoms with Crippen molar-refractivity contribution >= 4 is 34.7 Å². The summed E-state index contributed by atoms with van der Waals surface area (Å²) in [6, 6.07) is 18.9. The Hall–Kier alpha value is -3.57. The van der Waals surface area contributed by atoms with Gasteiger partial charge >= 0.3 is 0 Å². The summed E-state index contributed by atoms with van der Waals surface area (Å²) in [5.74, 6) is -1.35. The molecule has 32 heavy (non-hydrogen) atoms. The van der Waals surface area contributed by atoms with Crippen LogP contribution in [0.2, 0.25) is 5.02 Å². The van der Waals surface area contributed by atoms with Gasteiger partial charge in [-0.2, -0.15) is 0 Å². The molecule has 6 heteroatoms. The SMILES string of the molecule is COc1cc(/C(O)=C2/C(=O)C(=O)N(c3cc(C)ccc3C)C2c2ccccc2)ccc1Cl. The van der Waals surface area contributed by atoms with Crippen molar-refractivity contribution in [2.45, 2.75) is 19.9 Å². The number of benzene rings is 3. The van der Waals surface area contributed by atoms with Crippen LogP contribution in [0.5, 0.6) is 5.75 Å². The van der Waals surface area contributed by atoms with E-state index < -0.39 is 17.7 Å². The number of aliphatic hydroxyl groups is 1. The zero-order valence-electron chi connectivity index (χ0n) is 17.9. The molecule has 3 aromatic rings. The molecule has 1 atom stereocenters. The van der Waals surface area contributed by atoms with E-state index in [9.17, 15) is 14.7 Å². The Morgan fingerprint density at radius 1 is 1.00 bits per heavy atom. The average molecular weight is 448 g/mol. The fourth-order valence-electron chi connectivity index (χ4n) is 3.97. The number of halogens is 1. The van der Waals surface area contributed by atoms with Crippen LogP contribution in [0.25, 0.3) is 5.76 Å². The second-order valence-electron chi connectivity index (χ2n) is 7.72. The van der Waals surface area contributed by atoms with Crippen LogP contribution in [0.15, 0.2) is 72.3 Å². The third-order valence-electron chi connectivity index (χ3n) is 5.61. The molecule has 0 aliphatic carbocycles. The number of nitrogens with zero attached hydrogens (tertiary/aromatic N) is 1. The van der Waals surface area contributed by atoms with Gasteiger partial charge in [0.15, 0.2) is 0 Å². The Balaban J connectivity index is 1.97. The largest absolute Gasteiger partial charge is 0.507 e.